The summed E-state index contributed by atoms with van der Waals surface area (Å²) in [5.41, 5.74) is 2.42. The molecule has 0 saturated carbocycles. The third kappa shape index (κ3) is 5.59. The van der Waals surface area contributed by atoms with Gasteiger partial charge in [0.1, 0.15) is 5.76 Å². The highest BCUT2D eigenvalue weighted by Crippen LogP contribution is 2.24. The van der Waals surface area contributed by atoms with E-state index in [0.717, 1.165) is 44.2 Å². The second-order valence-electron chi connectivity index (χ2n) is 7.25. The fraction of sp³-hybridized carbons (Fsp3) is 0.500. The molecule has 1 N–H and O–H groups in total. The quantitative estimate of drug-likeness (QED) is 0.728. The van der Waals surface area contributed by atoms with Crippen molar-refractivity contribution in [3.63, 3.8) is 0 Å². The standard InChI is InChI=1S/C22H30N4O/c1-25(13-6-12-23)20-10-8-19(9-11-20)17-24-18-21(22-7-5-16-27-22)26-14-3-2-4-15-26/h5,7-11,16,21,24H,2-4,6,13-15,17-18H2,1H3/t21-/m0/s1. The second-order valence-corrected chi connectivity index (χ2v) is 7.25. The summed E-state index contributed by atoms with van der Waals surface area (Å²) in [4.78, 5) is 4.66. The lowest BCUT2D eigenvalue weighted by Crippen LogP contribution is -2.38. The van der Waals surface area contributed by atoms with Gasteiger partial charge in [-0.05, 0) is 55.8 Å². The summed E-state index contributed by atoms with van der Waals surface area (Å²) in [6.45, 7) is 4.78. The molecule has 1 fully saturated rings. The van der Waals surface area contributed by atoms with E-state index in [-0.39, 0.29) is 0 Å². The Hall–Kier alpha value is -2.29. The summed E-state index contributed by atoms with van der Waals surface area (Å²) >= 11 is 0. The van der Waals surface area contributed by atoms with Crippen LogP contribution in [0.25, 0.3) is 0 Å². The molecule has 3 rings (SSSR count). The van der Waals surface area contributed by atoms with Crippen molar-refractivity contribution in [2.45, 2.75) is 38.3 Å². The van der Waals surface area contributed by atoms with Crippen LogP contribution in [0.4, 0.5) is 5.69 Å². The largest absolute Gasteiger partial charge is 0.468 e. The lowest BCUT2D eigenvalue weighted by Gasteiger charge is -2.33. The first-order chi connectivity index (χ1) is 13.3. The van der Waals surface area contributed by atoms with Crippen LogP contribution in [0, 0.1) is 11.3 Å². The van der Waals surface area contributed by atoms with E-state index in [1.165, 1.54) is 24.8 Å². The molecule has 0 amide bonds. The molecule has 27 heavy (non-hydrogen) atoms. The minimum atomic E-state index is 0.302. The van der Waals surface area contributed by atoms with E-state index in [1.54, 1.807) is 6.26 Å². The molecule has 1 atom stereocenters. The molecule has 1 aromatic heterocycles. The van der Waals surface area contributed by atoms with Gasteiger partial charge in [0.2, 0.25) is 0 Å². The zero-order valence-electron chi connectivity index (χ0n) is 16.2. The first kappa shape index (κ1) is 19.5. The average molecular weight is 367 g/mol. The highest BCUT2D eigenvalue weighted by atomic mass is 16.3. The van der Waals surface area contributed by atoms with Gasteiger partial charge in [0.15, 0.2) is 0 Å². The summed E-state index contributed by atoms with van der Waals surface area (Å²) in [5.74, 6) is 1.05. The van der Waals surface area contributed by atoms with Crippen LogP contribution in [-0.4, -0.2) is 38.1 Å². The van der Waals surface area contributed by atoms with Gasteiger partial charge in [-0.1, -0.05) is 18.6 Å². The molecule has 0 radical (unpaired) electrons. The number of anilines is 1. The van der Waals surface area contributed by atoms with Gasteiger partial charge in [0, 0.05) is 32.4 Å². The monoisotopic (exact) mass is 366 g/mol. The van der Waals surface area contributed by atoms with Crippen molar-refractivity contribution in [2.24, 2.45) is 0 Å². The van der Waals surface area contributed by atoms with Gasteiger partial charge in [0.25, 0.3) is 0 Å². The van der Waals surface area contributed by atoms with E-state index >= 15 is 0 Å². The summed E-state index contributed by atoms with van der Waals surface area (Å²) in [5, 5.41) is 12.3. The average Bonchev–Trinajstić information content (AvgIpc) is 3.25. The molecule has 0 unspecified atom stereocenters. The van der Waals surface area contributed by atoms with Gasteiger partial charge in [-0.2, -0.15) is 5.26 Å². The van der Waals surface area contributed by atoms with Crippen LogP contribution in [0.15, 0.2) is 47.1 Å². The third-order valence-corrected chi connectivity index (χ3v) is 5.31. The molecule has 1 aliphatic heterocycles. The molecule has 2 heterocycles. The van der Waals surface area contributed by atoms with Crippen molar-refractivity contribution < 1.29 is 4.42 Å². The number of likely N-dealkylation sites (tertiary alicyclic amines) is 1. The molecule has 1 aromatic carbocycles. The molecular weight excluding hydrogens is 336 g/mol. The Bertz CT molecular complexity index is 699. The molecule has 1 saturated heterocycles. The Morgan fingerprint density at radius 1 is 1.19 bits per heavy atom. The first-order valence-corrected chi connectivity index (χ1v) is 9.93. The molecule has 5 heteroatoms. The van der Waals surface area contributed by atoms with Crippen LogP contribution in [0.5, 0.6) is 0 Å². The number of nitrogens with one attached hydrogen (secondary N) is 1. The van der Waals surface area contributed by atoms with Gasteiger partial charge < -0.3 is 14.6 Å². The smallest absolute Gasteiger partial charge is 0.122 e. The molecule has 144 valence electrons. The number of nitriles is 1. The Morgan fingerprint density at radius 2 is 1.96 bits per heavy atom. The Morgan fingerprint density at radius 3 is 2.63 bits per heavy atom. The topological polar surface area (TPSA) is 55.4 Å². The van der Waals surface area contributed by atoms with E-state index in [1.807, 2.05) is 13.1 Å². The zero-order chi connectivity index (χ0) is 18.9. The number of nitrogens with zero attached hydrogens (tertiary/aromatic N) is 3. The number of rotatable bonds is 9. The molecule has 0 bridgehead atoms. The van der Waals surface area contributed by atoms with Crippen molar-refractivity contribution in [1.29, 1.82) is 5.26 Å². The van der Waals surface area contributed by atoms with Crippen LogP contribution < -0.4 is 10.2 Å². The van der Waals surface area contributed by atoms with Gasteiger partial charge in [-0.25, -0.2) is 0 Å². The van der Waals surface area contributed by atoms with Crippen molar-refractivity contribution in [3.05, 3.63) is 54.0 Å². The molecular formula is C22H30N4O. The maximum atomic E-state index is 8.72. The van der Waals surface area contributed by atoms with E-state index in [4.69, 9.17) is 9.68 Å². The third-order valence-electron chi connectivity index (χ3n) is 5.31. The fourth-order valence-electron chi connectivity index (χ4n) is 3.69. The Kier molecular flexibility index (Phi) is 7.32. The highest BCUT2D eigenvalue weighted by Gasteiger charge is 2.23. The van der Waals surface area contributed by atoms with Crippen LogP contribution in [0.3, 0.4) is 0 Å². The summed E-state index contributed by atoms with van der Waals surface area (Å²) in [7, 11) is 2.02. The fourth-order valence-corrected chi connectivity index (χ4v) is 3.69. The second kappa shape index (κ2) is 10.1. The van der Waals surface area contributed by atoms with Crippen molar-refractivity contribution in [3.8, 4) is 6.07 Å². The van der Waals surface area contributed by atoms with E-state index in [9.17, 15) is 0 Å². The highest BCUT2D eigenvalue weighted by molar-refractivity contribution is 5.46. The minimum Gasteiger partial charge on any atom is -0.468 e. The minimum absolute atomic E-state index is 0.302. The summed E-state index contributed by atoms with van der Waals surface area (Å²) in [6, 6.07) is 15.1. The predicted octanol–water partition coefficient (Wildman–Crippen LogP) is 3.95. The van der Waals surface area contributed by atoms with Crippen LogP contribution in [0.2, 0.25) is 0 Å². The number of piperidine rings is 1. The normalized spacial score (nSPS) is 16.0. The Balaban J connectivity index is 1.53. The van der Waals surface area contributed by atoms with Gasteiger partial charge in [-0.3, -0.25) is 4.90 Å². The zero-order valence-corrected chi connectivity index (χ0v) is 16.2. The van der Waals surface area contributed by atoms with Crippen LogP contribution in [0.1, 0.15) is 43.0 Å². The Labute approximate surface area is 162 Å². The number of benzene rings is 1. The molecule has 1 aliphatic rings. The van der Waals surface area contributed by atoms with Crippen molar-refractivity contribution in [1.82, 2.24) is 10.2 Å². The maximum Gasteiger partial charge on any atom is 0.122 e. The van der Waals surface area contributed by atoms with Gasteiger partial charge in [-0.15, -0.1) is 0 Å². The number of hydrogen-bond donors (Lipinski definition) is 1. The van der Waals surface area contributed by atoms with E-state index in [2.05, 4.69) is 51.5 Å². The van der Waals surface area contributed by atoms with Gasteiger partial charge in [0.05, 0.1) is 24.8 Å². The van der Waals surface area contributed by atoms with Crippen LogP contribution >= 0.6 is 0 Å². The number of furan rings is 1. The lowest BCUT2D eigenvalue weighted by atomic mass is 10.1. The SMILES string of the molecule is CN(CCC#N)c1ccc(CNC[C@@H](c2ccco2)N2CCCCC2)cc1. The maximum absolute atomic E-state index is 8.72. The van der Waals surface area contributed by atoms with E-state index < -0.39 is 0 Å². The first-order valence-electron chi connectivity index (χ1n) is 9.93. The van der Waals surface area contributed by atoms with Gasteiger partial charge >= 0.3 is 0 Å². The summed E-state index contributed by atoms with van der Waals surface area (Å²) < 4.78 is 5.72. The molecule has 2 aromatic rings. The summed E-state index contributed by atoms with van der Waals surface area (Å²) in [6.07, 6.45) is 6.21. The predicted molar refractivity (Wildman–Crippen MR) is 109 cm³/mol. The van der Waals surface area contributed by atoms with Crippen molar-refractivity contribution >= 4 is 5.69 Å². The molecule has 5 nitrogen and oxygen atoms in total. The molecule has 0 spiro atoms. The van der Waals surface area contributed by atoms with Crippen molar-refractivity contribution in [2.75, 3.05) is 38.1 Å². The number of hydrogen-bond acceptors (Lipinski definition) is 5. The lowest BCUT2D eigenvalue weighted by molar-refractivity contribution is 0.142. The molecule has 0 aliphatic carbocycles. The van der Waals surface area contributed by atoms with E-state index in [0.29, 0.717) is 12.5 Å². The van der Waals surface area contributed by atoms with Crippen LogP contribution in [-0.2, 0) is 6.54 Å².